The van der Waals surface area contributed by atoms with E-state index >= 15 is 0 Å². The van der Waals surface area contributed by atoms with Crippen molar-refractivity contribution in [2.24, 2.45) is 0 Å². The third-order valence-electron chi connectivity index (χ3n) is 3.29. The first-order valence-corrected chi connectivity index (χ1v) is 8.38. The topological polar surface area (TPSA) is 29.5 Å². The van der Waals surface area contributed by atoms with Crippen molar-refractivity contribution in [2.75, 3.05) is 6.61 Å². The van der Waals surface area contributed by atoms with E-state index in [1.54, 1.807) is 11.3 Å². The first kappa shape index (κ1) is 14.6. The van der Waals surface area contributed by atoms with Gasteiger partial charge in [0.25, 0.3) is 0 Å². The number of ether oxygens (including phenoxy) is 1. The number of aliphatic hydroxyl groups is 1. The zero-order valence-electron chi connectivity index (χ0n) is 11.5. The lowest BCUT2D eigenvalue weighted by Gasteiger charge is -2.12. The molecule has 4 heteroatoms. The average Bonchev–Trinajstić information content (AvgIpc) is 2.91. The van der Waals surface area contributed by atoms with Crippen LogP contribution in [0.2, 0.25) is 0 Å². The van der Waals surface area contributed by atoms with Gasteiger partial charge in [0.05, 0.1) is 6.61 Å². The minimum atomic E-state index is -0.632. The molecule has 21 heavy (non-hydrogen) atoms. The summed E-state index contributed by atoms with van der Waals surface area (Å²) in [4.78, 5) is 0.945. The van der Waals surface area contributed by atoms with Gasteiger partial charge < -0.3 is 9.84 Å². The summed E-state index contributed by atoms with van der Waals surface area (Å²) in [5, 5.41) is 11.8. The normalized spacial score (nSPS) is 12.5. The number of hydrogen-bond acceptors (Lipinski definition) is 3. The Bertz CT molecular complexity index is 733. The fourth-order valence-electron chi connectivity index (χ4n) is 2.28. The Morgan fingerprint density at radius 3 is 2.71 bits per heavy atom. The molecule has 1 N–H and O–H groups in total. The van der Waals surface area contributed by atoms with Crippen LogP contribution in [0.15, 0.2) is 53.0 Å². The highest BCUT2D eigenvalue weighted by molar-refractivity contribution is 9.10. The molecule has 0 amide bonds. The summed E-state index contributed by atoms with van der Waals surface area (Å²) in [7, 11) is 0. The van der Waals surface area contributed by atoms with Crippen molar-refractivity contribution in [3.05, 3.63) is 63.4 Å². The van der Waals surface area contributed by atoms with Crippen LogP contribution in [0.4, 0.5) is 0 Å². The Morgan fingerprint density at radius 2 is 2.00 bits per heavy atom. The molecule has 1 unspecified atom stereocenters. The molecular weight excluding hydrogens is 348 g/mol. The maximum Gasteiger partial charge on any atom is 0.120 e. The van der Waals surface area contributed by atoms with Crippen LogP contribution in [0.1, 0.15) is 23.5 Å². The second-order valence-corrected chi connectivity index (χ2v) is 6.68. The van der Waals surface area contributed by atoms with Crippen LogP contribution in [-0.2, 0) is 0 Å². The molecule has 1 heterocycles. The van der Waals surface area contributed by atoms with Gasteiger partial charge in [0.2, 0.25) is 0 Å². The zero-order chi connectivity index (χ0) is 14.8. The first-order chi connectivity index (χ1) is 10.2. The standard InChI is InChI=1S/C17H15BrO2S/c1-2-20-12-7-8-13(14(18)10-12)17(19)16-9-11-5-3-4-6-15(11)21-16/h3-10,17,19H,2H2,1H3. The van der Waals surface area contributed by atoms with E-state index < -0.39 is 6.10 Å². The molecule has 1 aromatic heterocycles. The van der Waals surface area contributed by atoms with E-state index in [-0.39, 0.29) is 0 Å². The quantitative estimate of drug-likeness (QED) is 0.695. The SMILES string of the molecule is CCOc1ccc(C(O)c2cc3ccccc3s2)c(Br)c1. The van der Waals surface area contributed by atoms with Gasteiger partial charge in [-0.05, 0) is 36.6 Å². The average molecular weight is 363 g/mol. The van der Waals surface area contributed by atoms with Crippen molar-refractivity contribution in [3.8, 4) is 5.75 Å². The summed E-state index contributed by atoms with van der Waals surface area (Å²) in [5.41, 5.74) is 0.852. The Labute approximate surface area is 136 Å². The number of hydrogen-bond donors (Lipinski definition) is 1. The van der Waals surface area contributed by atoms with E-state index in [9.17, 15) is 5.11 Å². The van der Waals surface area contributed by atoms with Gasteiger partial charge in [-0.3, -0.25) is 0 Å². The maximum atomic E-state index is 10.6. The van der Waals surface area contributed by atoms with Crippen LogP contribution in [0, 0.1) is 0 Å². The molecule has 0 fully saturated rings. The molecule has 0 aliphatic rings. The third-order valence-corrected chi connectivity index (χ3v) is 5.15. The molecule has 3 aromatic rings. The van der Waals surface area contributed by atoms with Crippen molar-refractivity contribution in [3.63, 3.8) is 0 Å². The summed E-state index contributed by atoms with van der Waals surface area (Å²) in [6.07, 6.45) is -0.632. The van der Waals surface area contributed by atoms with E-state index in [2.05, 4.69) is 28.1 Å². The summed E-state index contributed by atoms with van der Waals surface area (Å²) in [5.74, 6) is 0.802. The molecule has 0 aliphatic heterocycles. The highest BCUT2D eigenvalue weighted by atomic mass is 79.9. The van der Waals surface area contributed by atoms with E-state index in [0.29, 0.717) is 6.61 Å². The fraction of sp³-hybridized carbons (Fsp3) is 0.176. The van der Waals surface area contributed by atoms with Crippen molar-refractivity contribution in [1.29, 1.82) is 0 Å². The lowest BCUT2D eigenvalue weighted by Crippen LogP contribution is -1.99. The van der Waals surface area contributed by atoms with Gasteiger partial charge in [-0.1, -0.05) is 40.2 Å². The van der Waals surface area contributed by atoms with Crippen molar-refractivity contribution < 1.29 is 9.84 Å². The van der Waals surface area contributed by atoms with Gasteiger partial charge in [-0.25, -0.2) is 0 Å². The molecule has 0 radical (unpaired) electrons. The van der Waals surface area contributed by atoms with Gasteiger partial charge in [-0.2, -0.15) is 0 Å². The molecule has 3 rings (SSSR count). The molecule has 0 saturated heterocycles. The van der Waals surface area contributed by atoms with Crippen LogP contribution in [-0.4, -0.2) is 11.7 Å². The molecule has 0 spiro atoms. The molecule has 0 saturated carbocycles. The zero-order valence-corrected chi connectivity index (χ0v) is 13.9. The van der Waals surface area contributed by atoms with Crippen LogP contribution >= 0.6 is 27.3 Å². The van der Waals surface area contributed by atoms with Crippen molar-refractivity contribution >= 4 is 37.4 Å². The number of thiophene rings is 1. The Hall–Kier alpha value is -1.36. The fourth-order valence-corrected chi connectivity index (χ4v) is 3.92. The van der Waals surface area contributed by atoms with E-state index in [4.69, 9.17) is 4.74 Å². The predicted molar refractivity (Wildman–Crippen MR) is 91.2 cm³/mol. The predicted octanol–water partition coefficient (Wildman–Crippen LogP) is 5.14. The Morgan fingerprint density at radius 1 is 1.19 bits per heavy atom. The van der Waals surface area contributed by atoms with Crippen molar-refractivity contribution in [1.82, 2.24) is 0 Å². The summed E-state index contributed by atoms with van der Waals surface area (Å²) in [6, 6.07) is 15.9. The van der Waals surface area contributed by atoms with Crippen molar-refractivity contribution in [2.45, 2.75) is 13.0 Å². The van der Waals surface area contributed by atoms with Crippen LogP contribution in [0.5, 0.6) is 5.75 Å². The Kier molecular flexibility index (Phi) is 4.29. The van der Waals surface area contributed by atoms with Gasteiger partial charge >= 0.3 is 0 Å². The van der Waals surface area contributed by atoms with Gasteiger partial charge in [0.15, 0.2) is 0 Å². The lowest BCUT2D eigenvalue weighted by molar-refractivity contribution is 0.223. The number of rotatable bonds is 4. The molecule has 0 aliphatic carbocycles. The molecular formula is C17H15BrO2S. The molecule has 2 nitrogen and oxygen atoms in total. The molecule has 108 valence electrons. The smallest absolute Gasteiger partial charge is 0.120 e. The summed E-state index contributed by atoms with van der Waals surface area (Å²) >= 11 is 5.14. The van der Waals surface area contributed by atoms with Gasteiger partial charge in [0, 0.05) is 19.6 Å². The lowest BCUT2D eigenvalue weighted by atomic mass is 10.1. The highest BCUT2D eigenvalue weighted by Crippen LogP contribution is 2.36. The molecule has 1 atom stereocenters. The van der Waals surface area contributed by atoms with Crippen LogP contribution in [0.25, 0.3) is 10.1 Å². The van der Waals surface area contributed by atoms with Crippen LogP contribution in [0.3, 0.4) is 0 Å². The van der Waals surface area contributed by atoms with E-state index in [0.717, 1.165) is 20.7 Å². The third kappa shape index (κ3) is 2.98. The summed E-state index contributed by atoms with van der Waals surface area (Å²) < 4.78 is 7.51. The van der Waals surface area contributed by atoms with Gasteiger partial charge in [-0.15, -0.1) is 11.3 Å². The van der Waals surface area contributed by atoms with Crippen LogP contribution < -0.4 is 4.74 Å². The van der Waals surface area contributed by atoms with E-state index in [1.165, 1.54) is 10.1 Å². The number of benzene rings is 2. The number of halogens is 1. The van der Waals surface area contributed by atoms with E-state index in [1.807, 2.05) is 43.3 Å². The first-order valence-electron chi connectivity index (χ1n) is 6.78. The number of fused-ring (bicyclic) bond motifs is 1. The minimum absolute atomic E-state index is 0.630. The Balaban J connectivity index is 1.95. The maximum absolute atomic E-state index is 10.6. The summed E-state index contributed by atoms with van der Waals surface area (Å²) in [6.45, 7) is 2.58. The largest absolute Gasteiger partial charge is 0.494 e. The van der Waals surface area contributed by atoms with Gasteiger partial charge in [0.1, 0.15) is 11.9 Å². The number of aliphatic hydroxyl groups excluding tert-OH is 1. The monoisotopic (exact) mass is 362 g/mol. The molecule has 0 bridgehead atoms. The second-order valence-electron chi connectivity index (χ2n) is 4.71. The molecule has 2 aromatic carbocycles. The second kappa shape index (κ2) is 6.18. The highest BCUT2D eigenvalue weighted by Gasteiger charge is 2.17. The minimum Gasteiger partial charge on any atom is -0.494 e.